The summed E-state index contributed by atoms with van der Waals surface area (Å²) in [5.74, 6) is 0.548. The van der Waals surface area contributed by atoms with Gasteiger partial charge in [0.1, 0.15) is 6.07 Å². The summed E-state index contributed by atoms with van der Waals surface area (Å²) < 4.78 is 1.61. The van der Waals surface area contributed by atoms with Gasteiger partial charge in [0.15, 0.2) is 11.5 Å². The zero-order chi connectivity index (χ0) is 14.8. The Morgan fingerprint density at radius 2 is 2.14 bits per heavy atom. The second kappa shape index (κ2) is 5.32. The average molecular weight is 282 g/mol. The standard InChI is InChI=1S/C14H14N6O/c1-2-19-9-18-12-8-20(6-3-10(12)14(19)21)13-11(7-15)16-4-5-17-13/h4-5,9H,2-3,6,8H2,1H3. The van der Waals surface area contributed by atoms with E-state index in [1.807, 2.05) is 17.9 Å². The van der Waals surface area contributed by atoms with Crippen molar-refractivity contribution in [3.8, 4) is 6.07 Å². The van der Waals surface area contributed by atoms with E-state index in [0.717, 1.165) is 11.3 Å². The topological polar surface area (TPSA) is 87.7 Å². The van der Waals surface area contributed by atoms with E-state index in [1.54, 1.807) is 17.1 Å². The van der Waals surface area contributed by atoms with E-state index < -0.39 is 0 Å². The van der Waals surface area contributed by atoms with Crippen LogP contribution in [-0.2, 0) is 19.5 Å². The largest absolute Gasteiger partial charge is 0.348 e. The van der Waals surface area contributed by atoms with E-state index in [4.69, 9.17) is 5.26 Å². The maximum atomic E-state index is 12.2. The summed E-state index contributed by atoms with van der Waals surface area (Å²) in [5.41, 5.74) is 1.84. The van der Waals surface area contributed by atoms with Gasteiger partial charge in [0.05, 0.1) is 18.6 Å². The van der Waals surface area contributed by atoms with E-state index in [1.165, 1.54) is 6.20 Å². The summed E-state index contributed by atoms with van der Waals surface area (Å²) in [7, 11) is 0. The van der Waals surface area contributed by atoms with Crippen molar-refractivity contribution < 1.29 is 0 Å². The molecule has 0 radical (unpaired) electrons. The first-order valence-corrected chi connectivity index (χ1v) is 6.77. The van der Waals surface area contributed by atoms with Crippen LogP contribution in [0.5, 0.6) is 0 Å². The Morgan fingerprint density at radius 1 is 1.33 bits per heavy atom. The van der Waals surface area contributed by atoms with Gasteiger partial charge in [-0.3, -0.25) is 9.36 Å². The first kappa shape index (κ1) is 13.2. The highest BCUT2D eigenvalue weighted by Gasteiger charge is 2.23. The number of aromatic nitrogens is 4. The number of rotatable bonds is 2. The SMILES string of the molecule is CCn1cnc2c(c1=O)CCN(c1nccnc1C#N)C2. The number of aryl methyl sites for hydroxylation is 1. The Balaban J connectivity index is 1.97. The lowest BCUT2D eigenvalue weighted by Gasteiger charge is -2.28. The Hall–Kier alpha value is -2.75. The molecule has 7 heteroatoms. The predicted molar refractivity (Wildman–Crippen MR) is 75.7 cm³/mol. The highest BCUT2D eigenvalue weighted by atomic mass is 16.1. The van der Waals surface area contributed by atoms with Crippen LogP contribution in [0.25, 0.3) is 0 Å². The lowest BCUT2D eigenvalue weighted by atomic mass is 10.1. The molecule has 0 amide bonds. The third-order valence-electron chi connectivity index (χ3n) is 3.62. The van der Waals surface area contributed by atoms with Crippen molar-refractivity contribution in [2.45, 2.75) is 26.4 Å². The smallest absolute Gasteiger partial charge is 0.256 e. The molecular formula is C14H14N6O. The van der Waals surface area contributed by atoms with Crippen LogP contribution in [0.3, 0.4) is 0 Å². The molecule has 2 aromatic heterocycles. The lowest BCUT2D eigenvalue weighted by Crippen LogP contribution is -2.37. The van der Waals surface area contributed by atoms with Gasteiger partial charge in [-0.15, -0.1) is 0 Å². The van der Waals surface area contributed by atoms with Gasteiger partial charge in [-0.05, 0) is 13.3 Å². The van der Waals surface area contributed by atoms with E-state index in [9.17, 15) is 4.79 Å². The van der Waals surface area contributed by atoms with Gasteiger partial charge < -0.3 is 4.90 Å². The Kier molecular flexibility index (Phi) is 3.36. The molecule has 0 fully saturated rings. The van der Waals surface area contributed by atoms with E-state index in [-0.39, 0.29) is 5.56 Å². The van der Waals surface area contributed by atoms with Crippen LogP contribution in [0, 0.1) is 11.3 Å². The Labute approximate surface area is 121 Å². The molecule has 0 unspecified atom stereocenters. The van der Waals surface area contributed by atoms with Gasteiger partial charge in [-0.1, -0.05) is 0 Å². The summed E-state index contributed by atoms with van der Waals surface area (Å²) in [6.07, 6.45) is 5.24. The highest BCUT2D eigenvalue weighted by molar-refractivity contribution is 5.51. The second-order valence-electron chi connectivity index (χ2n) is 4.77. The van der Waals surface area contributed by atoms with Gasteiger partial charge in [-0.25, -0.2) is 15.0 Å². The van der Waals surface area contributed by atoms with Gasteiger partial charge in [0, 0.05) is 31.0 Å². The third-order valence-corrected chi connectivity index (χ3v) is 3.62. The van der Waals surface area contributed by atoms with Crippen molar-refractivity contribution in [3.05, 3.63) is 46.0 Å². The van der Waals surface area contributed by atoms with Crippen molar-refractivity contribution in [3.63, 3.8) is 0 Å². The fraction of sp³-hybridized carbons (Fsp3) is 0.357. The summed E-state index contributed by atoms with van der Waals surface area (Å²) >= 11 is 0. The number of hydrogen-bond donors (Lipinski definition) is 0. The first-order chi connectivity index (χ1) is 10.2. The van der Waals surface area contributed by atoms with Crippen LogP contribution in [0.2, 0.25) is 0 Å². The van der Waals surface area contributed by atoms with E-state index in [0.29, 0.717) is 37.6 Å². The molecule has 0 N–H and O–H groups in total. The van der Waals surface area contributed by atoms with Crippen molar-refractivity contribution in [2.75, 3.05) is 11.4 Å². The van der Waals surface area contributed by atoms with Crippen LogP contribution in [0.4, 0.5) is 5.82 Å². The summed E-state index contributed by atoms with van der Waals surface area (Å²) in [6.45, 7) is 3.64. The fourth-order valence-electron chi connectivity index (χ4n) is 2.51. The van der Waals surface area contributed by atoms with E-state index in [2.05, 4.69) is 15.0 Å². The lowest BCUT2D eigenvalue weighted by molar-refractivity contribution is 0.633. The molecular weight excluding hydrogens is 268 g/mol. The normalized spacial score (nSPS) is 13.6. The van der Waals surface area contributed by atoms with E-state index >= 15 is 0 Å². The van der Waals surface area contributed by atoms with Crippen LogP contribution in [-0.4, -0.2) is 26.1 Å². The number of nitriles is 1. The maximum Gasteiger partial charge on any atom is 0.256 e. The van der Waals surface area contributed by atoms with Crippen molar-refractivity contribution >= 4 is 5.82 Å². The fourth-order valence-corrected chi connectivity index (χ4v) is 2.51. The highest BCUT2D eigenvalue weighted by Crippen LogP contribution is 2.21. The molecule has 3 heterocycles. The zero-order valence-corrected chi connectivity index (χ0v) is 11.7. The van der Waals surface area contributed by atoms with Crippen molar-refractivity contribution in [1.82, 2.24) is 19.5 Å². The molecule has 3 rings (SSSR count). The molecule has 1 aliphatic rings. The molecule has 2 aromatic rings. The van der Waals surface area contributed by atoms with Crippen molar-refractivity contribution in [1.29, 1.82) is 5.26 Å². The number of nitrogens with zero attached hydrogens (tertiary/aromatic N) is 6. The molecule has 0 atom stereocenters. The van der Waals surface area contributed by atoms with Crippen molar-refractivity contribution in [2.24, 2.45) is 0 Å². The molecule has 21 heavy (non-hydrogen) atoms. The van der Waals surface area contributed by atoms with Crippen LogP contribution < -0.4 is 10.5 Å². The van der Waals surface area contributed by atoms with Gasteiger partial charge >= 0.3 is 0 Å². The summed E-state index contributed by atoms with van der Waals surface area (Å²) in [5, 5.41) is 9.11. The minimum absolute atomic E-state index is 0.0294. The van der Waals surface area contributed by atoms with Crippen LogP contribution in [0.1, 0.15) is 23.9 Å². The number of anilines is 1. The molecule has 0 bridgehead atoms. The number of fused-ring (bicyclic) bond motifs is 1. The second-order valence-corrected chi connectivity index (χ2v) is 4.77. The minimum atomic E-state index is 0.0294. The molecule has 106 valence electrons. The zero-order valence-electron chi connectivity index (χ0n) is 11.7. The molecule has 0 saturated heterocycles. The number of hydrogen-bond acceptors (Lipinski definition) is 6. The minimum Gasteiger partial charge on any atom is -0.348 e. The third kappa shape index (κ3) is 2.25. The molecule has 0 saturated carbocycles. The summed E-state index contributed by atoms with van der Waals surface area (Å²) in [4.78, 5) is 26.8. The quantitative estimate of drug-likeness (QED) is 0.796. The van der Waals surface area contributed by atoms with Gasteiger partial charge in [0.2, 0.25) is 0 Å². The molecule has 7 nitrogen and oxygen atoms in total. The molecule has 0 spiro atoms. The van der Waals surface area contributed by atoms with Crippen LogP contribution in [0.15, 0.2) is 23.5 Å². The Morgan fingerprint density at radius 3 is 2.90 bits per heavy atom. The van der Waals surface area contributed by atoms with Gasteiger partial charge in [-0.2, -0.15) is 5.26 Å². The summed E-state index contributed by atoms with van der Waals surface area (Å²) in [6, 6.07) is 2.04. The molecule has 1 aliphatic heterocycles. The maximum absolute atomic E-state index is 12.2. The monoisotopic (exact) mass is 282 g/mol. The molecule has 0 aromatic carbocycles. The Bertz CT molecular complexity index is 776. The predicted octanol–water partition coefficient (Wildman–Crippen LogP) is 0.488. The van der Waals surface area contributed by atoms with Gasteiger partial charge in [0.25, 0.3) is 5.56 Å². The molecule has 0 aliphatic carbocycles. The first-order valence-electron chi connectivity index (χ1n) is 6.77. The van der Waals surface area contributed by atoms with Crippen LogP contribution >= 0.6 is 0 Å². The average Bonchev–Trinajstić information content (AvgIpc) is 2.55.